The topological polar surface area (TPSA) is 33.7 Å². The number of hydrogen-bond acceptors (Lipinski definition) is 4. The van der Waals surface area contributed by atoms with E-state index in [9.17, 15) is 4.39 Å². The van der Waals surface area contributed by atoms with Crippen LogP contribution in [0.5, 0.6) is 5.75 Å². The largest absolute Gasteiger partial charge is 0.491 e. The van der Waals surface area contributed by atoms with E-state index in [2.05, 4.69) is 10.2 Å². The molecule has 0 spiro atoms. The molecule has 1 N–H and O–H groups in total. The highest BCUT2D eigenvalue weighted by Crippen LogP contribution is 2.30. The Morgan fingerprint density at radius 1 is 1.17 bits per heavy atom. The molecule has 0 amide bonds. The molecule has 2 aliphatic rings. The lowest BCUT2D eigenvalue weighted by atomic mass is 10.1. The van der Waals surface area contributed by atoms with Crippen molar-refractivity contribution in [3.05, 3.63) is 23.5 Å². The van der Waals surface area contributed by atoms with Gasteiger partial charge in [0, 0.05) is 37.8 Å². The van der Waals surface area contributed by atoms with Crippen LogP contribution in [0.3, 0.4) is 0 Å². The molecule has 98 valence electrons. The molecule has 0 radical (unpaired) electrons. The molecule has 3 rings (SSSR count). The number of benzene rings is 1. The average molecular weight is 252 g/mol. The van der Waals surface area contributed by atoms with Gasteiger partial charge in [0.1, 0.15) is 18.2 Å². The minimum Gasteiger partial charge on any atom is -0.491 e. The maximum Gasteiger partial charge on any atom is 0.150 e. The molecule has 1 aromatic carbocycles. The summed E-state index contributed by atoms with van der Waals surface area (Å²) >= 11 is 0. The van der Waals surface area contributed by atoms with Crippen molar-refractivity contribution in [2.75, 3.05) is 44.3 Å². The Balaban J connectivity index is 1.92. The van der Waals surface area contributed by atoms with E-state index in [0.717, 1.165) is 31.7 Å². The van der Waals surface area contributed by atoms with Crippen LogP contribution in [0.4, 0.5) is 10.1 Å². The first-order chi connectivity index (χ1) is 8.84. The normalized spacial score (nSPS) is 19.9. The Morgan fingerprint density at radius 2 is 2.00 bits per heavy atom. The van der Waals surface area contributed by atoms with Crippen LogP contribution in [0.25, 0.3) is 0 Å². The first kappa shape index (κ1) is 11.7. The summed E-state index contributed by atoms with van der Waals surface area (Å²) in [6.07, 6.45) is 0. The van der Waals surface area contributed by atoms with E-state index in [1.807, 2.05) is 6.07 Å². The molecular weight excluding hydrogens is 235 g/mol. The van der Waals surface area contributed by atoms with E-state index in [0.29, 0.717) is 31.3 Å². The number of nitrogens with one attached hydrogen (secondary N) is 1. The third-order valence-electron chi connectivity index (χ3n) is 3.33. The second kappa shape index (κ2) is 5.12. The van der Waals surface area contributed by atoms with Gasteiger partial charge in [-0.15, -0.1) is 0 Å². The van der Waals surface area contributed by atoms with E-state index >= 15 is 0 Å². The van der Waals surface area contributed by atoms with E-state index in [1.54, 1.807) is 0 Å². The highest BCUT2D eigenvalue weighted by molar-refractivity contribution is 5.55. The highest BCUT2D eigenvalue weighted by atomic mass is 19.1. The summed E-state index contributed by atoms with van der Waals surface area (Å²) in [6, 6.07) is 3.35. The van der Waals surface area contributed by atoms with Gasteiger partial charge in [0.25, 0.3) is 0 Å². The van der Waals surface area contributed by atoms with Crippen LogP contribution in [-0.2, 0) is 11.3 Å². The van der Waals surface area contributed by atoms with Crippen molar-refractivity contribution in [2.45, 2.75) is 6.61 Å². The maximum absolute atomic E-state index is 14.1. The molecule has 0 bridgehead atoms. The first-order valence-electron chi connectivity index (χ1n) is 6.33. The molecule has 0 saturated carbocycles. The van der Waals surface area contributed by atoms with E-state index in [-0.39, 0.29) is 5.82 Å². The number of ether oxygens (including phenoxy) is 2. The molecular formula is C13H17FN2O2. The fourth-order valence-corrected chi connectivity index (χ4v) is 2.37. The molecule has 1 fully saturated rings. The molecule has 0 unspecified atom stereocenters. The smallest absolute Gasteiger partial charge is 0.150 e. The van der Waals surface area contributed by atoms with Crippen molar-refractivity contribution < 1.29 is 13.9 Å². The molecule has 2 heterocycles. The molecule has 5 heteroatoms. The highest BCUT2D eigenvalue weighted by Gasteiger charge is 2.19. The Labute approximate surface area is 106 Å². The zero-order valence-corrected chi connectivity index (χ0v) is 10.2. The maximum atomic E-state index is 14.1. The number of anilines is 1. The summed E-state index contributed by atoms with van der Waals surface area (Å²) in [7, 11) is 0. The lowest BCUT2D eigenvalue weighted by molar-refractivity contribution is 0.107. The van der Waals surface area contributed by atoms with Crippen molar-refractivity contribution in [3.63, 3.8) is 0 Å². The monoisotopic (exact) mass is 252 g/mol. The second-order valence-corrected chi connectivity index (χ2v) is 4.55. The first-order valence-corrected chi connectivity index (χ1v) is 6.33. The van der Waals surface area contributed by atoms with Gasteiger partial charge < -0.3 is 19.7 Å². The summed E-state index contributed by atoms with van der Waals surface area (Å²) in [5.41, 5.74) is 1.59. The number of halogens is 1. The molecule has 18 heavy (non-hydrogen) atoms. The van der Waals surface area contributed by atoms with E-state index < -0.39 is 0 Å². The fourth-order valence-electron chi connectivity index (χ4n) is 2.37. The zero-order chi connectivity index (χ0) is 12.4. The summed E-state index contributed by atoms with van der Waals surface area (Å²) < 4.78 is 25.0. The third kappa shape index (κ3) is 2.28. The Bertz CT molecular complexity index is 433. The Hall–Kier alpha value is -1.33. The van der Waals surface area contributed by atoms with Crippen LogP contribution in [0.2, 0.25) is 0 Å². The lowest BCUT2D eigenvalue weighted by Crippen LogP contribution is -2.43. The fraction of sp³-hybridized carbons (Fsp3) is 0.538. The lowest BCUT2D eigenvalue weighted by Gasteiger charge is -2.30. The molecule has 0 atom stereocenters. The number of hydrogen-bond donors (Lipinski definition) is 1. The molecule has 0 aromatic heterocycles. The van der Waals surface area contributed by atoms with Crippen molar-refractivity contribution in [2.24, 2.45) is 0 Å². The van der Waals surface area contributed by atoms with E-state index in [4.69, 9.17) is 9.47 Å². The van der Waals surface area contributed by atoms with Gasteiger partial charge in [0.2, 0.25) is 0 Å². The van der Waals surface area contributed by atoms with Crippen LogP contribution >= 0.6 is 0 Å². The third-order valence-corrected chi connectivity index (χ3v) is 3.33. The standard InChI is InChI=1S/C13H17FN2O2/c14-11-8-13-10(9-17-5-6-18-13)7-12(11)16-3-1-15-2-4-16/h7-8,15H,1-6,9H2. The molecule has 0 aliphatic carbocycles. The molecule has 2 aliphatic heterocycles. The van der Waals surface area contributed by atoms with Gasteiger partial charge >= 0.3 is 0 Å². The predicted octanol–water partition coefficient (Wildman–Crippen LogP) is 1.14. The van der Waals surface area contributed by atoms with Crippen LogP contribution in [0.1, 0.15) is 5.56 Å². The van der Waals surface area contributed by atoms with Gasteiger partial charge in [-0.05, 0) is 6.07 Å². The van der Waals surface area contributed by atoms with Crippen LogP contribution in [0, 0.1) is 5.82 Å². The molecule has 1 saturated heterocycles. The number of piperazine rings is 1. The van der Waals surface area contributed by atoms with Gasteiger partial charge in [0.15, 0.2) is 0 Å². The number of nitrogens with zero attached hydrogens (tertiary/aromatic N) is 1. The van der Waals surface area contributed by atoms with E-state index in [1.165, 1.54) is 6.07 Å². The Kier molecular flexibility index (Phi) is 3.34. The predicted molar refractivity (Wildman–Crippen MR) is 66.6 cm³/mol. The van der Waals surface area contributed by atoms with Gasteiger partial charge in [-0.3, -0.25) is 0 Å². The van der Waals surface area contributed by atoms with Gasteiger partial charge in [0.05, 0.1) is 18.9 Å². The second-order valence-electron chi connectivity index (χ2n) is 4.55. The van der Waals surface area contributed by atoms with Gasteiger partial charge in [-0.25, -0.2) is 4.39 Å². The Morgan fingerprint density at radius 3 is 2.83 bits per heavy atom. The van der Waals surface area contributed by atoms with Crippen molar-refractivity contribution in [1.82, 2.24) is 5.32 Å². The zero-order valence-electron chi connectivity index (χ0n) is 10.2. The summed E-state index contributed by atoms with van der Waals surface area (Å²) in [5.74, 6) is 0.404. The van der Waals surface area contributed by atoms with Crippen LogP contribution in [-0.4, -0.2) is 39.4 Å². The minimum atomic E-state index is -0.211. The molecule has 1 aromatic rings. The van der Waals surface area contributed by atoms with Crippen molar-refractivity contribution in [3.8, 4) is 5.75 Å². The SMILES string of the molecule is Fc1cc2c(cc1N1CCNCC1)COCCO2. The number of rotatable bonds is 1. The molecule has 4 nitrogen and oxygen atoms in total. The summed E-state index contributed by atoms with van der Waals surface area (Å²) in [5, 5.41) is 3.26. The van der Waals surface area contributed by atoms with Crippen molar-refractivity contribution >= 4 is 5.69 Å². The van der Waals surface area contributed by atoms with Gasteiger partial charge in [-0.2, -0.15) is 0 Å². The van der Waals surface area contributed by atoms with Crippen LogP contribution < -0.4 is 15.0 Å². The minimum absolute atomic E-state index is 0.211. The van der Waals surface area contributed by atoms with Crippen LogP contribution in [0.15, 0.2) is 12.1 Å². The average Bonchev–Trinajstić information content (AvgIpc) is 2.63. The number of fused-ring (bicyclic) bond motifs is 1. The van der Waals surface area contributed by atoms with Gasteiger partial charge in [-0.1, -0.05) is 0 Å². The van der Waals surface area contributed by atoms with Crippen molar-refractivity contribution in [1.29, 1.82) is 0 Å². The summed E-state index contributed by atoms with van der Waals surface area (Å²) in [4.78, 5) is 2.07. The quantitative estimate of drug-likeness (QED) is 0.813. The summed E-state index contributed by atoms with van der Waals surface area (Å²) in [6.45, 7) is 4.98.